The smallest absolute Gasteiger partial charge is 0.412 e. The summed E-state index contributed by atoms with van der Waals surface area (Å²) >= 11 is 0. The van der Waals surface area contributed by atoms with Gasteiger partial charge in [0.2, 0.25) is 0 Å². The molecule has 0 unspecified atom stereocenters. The van der Waals surface area contributed by atoms with Crippen molar-refractivity contribution in [2.75, 3.05) is 23.8 Å². The summed E-state index contributed by atoms with van der Waals surface area (Å²) in [5.74, 6) is 0.474. The van der Waals surface area contributed by atoms with Crippen molar-refractivity contribution in [3.05, 3.63) is 54.2 Å². The van der Waals surface area contributed by atoms with Gasteiger partial charge in [-0.05, 0) is 31.0 Å². The van der Waals surface area contributed by atoms with Crippen LogP contribution in [0.25, 0.3) is 0 Å². The fourth-order valence-corrected chi connectivity index (χ4v) is 1.84. The predicted molar refractivity (Wildman–Crippen MR) is 83.5 cm³/mol. The van der Waals surface area contributed by atoms with Gasteiger partial charge in [-0.15, -0.1) is 0 Å². The van der Waals surface area contributed by atoms with Gasteiger partial charge < -0.3 is 10.1 Å². The SMILES string of the molecule is CCOC(=O)Nc1ccc(NCCc2ccccc2)cn1. The van der Waals surface area contributed by atoms with Crippen LogP contribution in [-0.4, -0.2) is 24.2 Å². The molecule has 0 radical (unpaired) electrons. The summed E-state index contributed by atoms with van der Waals surface area (Å²) in [5.41, 5.74) is 2.21. The lowest BCUT2D eigenvalue weighted by molar-refractivity contribution is 0.168. The lowest BCUT2D eigenvalue weighted by Gasteiger charge is -2.08. The van der Waals surface area contributed by atoms with E-state index < -0.39 is 6.09 Å². The first-order valence-electron chi connectivity index (χ1n) is 6.95. The number of amides is 1. The molecule has 0 saturated carbocycles. The minimum Gasteiger partial charge on any atom is -0.450 e. The number of hydrogen-bond acceptors (Lipinski definition) is 4. The number of pyridine rings is 1. The largest absolute Gasteiger partial charge is 0.450 e. The van der Waals surface area contributed by atoms with Gasteiger partial charge in [0.25, 0.3) is 0 Å². The molecule has 0 bridgehead atoms. The molecule has 0 aliphatic rings. The maximum atomic E-state index is 11.2. The standard InChI is InChI=1S/C16H19N3O2/c1-2-21-16(20)19-15-9-8-14(12-18-15)17-11-10-13-6-4-3-5-7-13/h3-9,12,17H,2,10-11H2,1H3,(H,18,19,20). The zero-order chi connectivity index (χ0) is 14.9. The summed E-state index contributed by atoms with van der Waals surface area (Å²) in [4.78, 5) is 15.4. The Morgan fingerprint density at radius 3 is 2.67 bits per heavy atom. The number of aromatic nitrogens is 1. The maximum absolute atomic E-state index is 11.2. The highest BCUT2D eigenvalue weighted by Gasteiger charge is 2.02. The average Bonchev–Trinajstić information content (AvgIpc) is 2.50. The molecule has 2 aromatic rings. The van der Waals surface area contributed by atoms with Crippen LogP contribution in [0.4, 0.5) is 16.3 Å². The van der Waals surface area contributed by atoms with Crippen molar-refractivity contribution in [2.24, 2.45) is 0 Å². The van der Waals surface area contributed by atoms with Gasteiger partial charge in [-0.3, -0.25) is 5.32 Å². The third-order valence-electron chi connectivity index (χ3n) is 2.85. The maximum Gasteiger partial charge on any atom is 0.412 e. The molecule has 0 aliphatic heterocycles. The molecule has 1 heterocycles. The van der Waals surface area contributed by atoms with Crippen molar-refractivity contribution < 1.29 is 9.53 Å². The number of rotatable bonds is 6. The van der Waals surface area contributed by atoms with Crippen LogP contribution in [0.2, 0.25) is 0 Å². The Balaban J connectivity index is 1.78. The second-order valence-corrected chi connectivity index (χ2v) is 4.44. The molecule has 0 aliphatic carbocycles. The van der Waals surface area contributed by atoms with Crippen molar-refractivity contribution in [2.45, 2.75) is 13.3 Å². The van der Waals surface area contributed by atoms with E-state index in [2.05, 4.69) is 27.8 Å². The molecule has 2 rings (SSSR count). The Morgan fingerprint density at radius 1 is 1.19 bits per heavy atom. The van der Waals surface area contributed by atoms with Gasteiger partial charge in [0.15, 0.2) is 0 Å². The normalized spacial score (nSPS) is 9.95. The zero-order valence-corrected chi connectivity index (χ0v) is 12.0. The minimum atomic E-state index is -0.491. The van der Waals surface area contributed by atoms with Crippen LogP contribution in [0, 0.1) is 0 Å². The highest BCUT2D eigenvalue weighted by Crippen LogP contribution is 2.10. The van der Waals surface area contributed by atoms with E-state index in [1.165, 1.54) is 5.56 Å². The molecule has 0 fully saturated rings. The number of nitrogens with zero attached hydrogens (tertiary/aromatic N) is 1. The van der Waals surface area contributed by atoms with E-state index >= 15 is 0 Å². The predicted octanol–water partition coefficient (Wildman–Crippen LogP) is 3.30. The highest BCUT2D eigenvalue weighted by atomic mass is 16.5. The molecule has 5 heteroatoms. The molecule has 110 valence electrons. The van der Waals surface area contributed by atoms with E-state index in [4.69, 9.17) is 4.74 Å². The molecule has 1 aromatic heterocycles. The highest BCUT2D eigenvalue weighted by molar-refractivity contribution is 5.83. The Bertz CT molecular complexity index is 555. The fraction of sp³-hybridized carbons (Fsp3) is 0.250. The summed E-state index contributed by atoms with van der Waals surface area (Å²) in [5, 5.41) is 5.84. The number of benzene rings is 1. The summed E-state index contributed by atoms with van der Waals surface area (Å²) in [6.45, 7) is 2.92. The van der Waals surface area contributed by atoms with E-state index in [9.17, 15) is 4.79 Å². The molecule has 21 heavy (non-hydrogen) atoms. The molecule has 0 saturated heterocycles. The summed E-state index contributed by atoms with van der Waals surface area (Å²) in [6, 6.07) is 13.9. The second-order valence-electron chi connectivity index (χ2n) is 4.44. The number of carbonyl (C=O) groups is 1. The van der Waals surface area contributed by atoms with Crippen molar-refractivity contribution >= 4 is 17.6 Å². The number of carbonyl (C=O) groups excluding carboxylic acids is 1. The molecule has 5 nitrogen and oxygen atoms in total. The lowest BCUT2D eigenvalue weighted by Crippen LogP contribution is -2.14. The molecular formula is C16H19N3O2. The van der Waals surface area contributed by atoms with Crippen LogP contribution >= 0.6 is 0 Å². The van der Waals surface area contributed by atoms with Gasteiger partial charge in [-0.2, -0.15) is 0 Å². The zero-order valence-electron chi connectivity index (χ0n) is 12.0. The van der Waals surface area contributed by atoms with Gasteiger partial charge in [-0.25, -0.2) is 9.78 Å². The van der Waals surface area contributed by atoms with Gasteiger partial charge in [0, 0.05) is 6.54 Å². The monoisotopic (exact) mass is 285 g/mol. The minimum absolute atomic E-state index is 0.338. The van der Waals surface area contributed by atoms with Crippen molar-refractivity contribution in [3.63, 3.8) is 0 Å². The third kappa shape index (κ3) is 5.14. The van der Waals surface area contributed by atoms with Crippen molar-refractivity contribution in [3.8, 4) is 0 Å². The first-order valence-corrected chi connectivity index (χ1v) is 6.95. The van der Waals surface area contributed by atoms with Crippen LogP contribution < -0.4 is 10.6 Å². The average molecular weight is 285 g/mol. The van der Waals surface area contributed by atoms with Gasteiger partial charge in [-0.1, -0.05) is 30.3 Å². The summed E-state index contributed by atoms with van der Waals surface area (Å²) < 4.78 is 4.78. The van der Waals surface area contributed by atoms with Crippen LogP contribution in [0.15, 0.2) is 48.7 Å². The Kier molecular flexibility index (Phi) is 5.58. The number of nitrogens with one attached hydrogen (secondary N) is 2. The molecular weight excluding hydrogens is 266 g/mol. The van der Waals surface area contributed by atoms with E-state index in [0.717, 1.165) is 18.7 Å². The van der Waals surface area contributed by atoms with Crippen LogP contribution in [0.3, 0.4) is 0 Å². The Hall–Kier alpha value is -2.56. The van der Waals surface area contributed by atoms with E-state index in [0.29, 0.717) is 12.4 Å². The first-order chi connectivity index (χ1) is 10.3. The van der Waals surface area contributed by atoms with E-state index in [1.807, 2.05) is 24.3 Å². The fourth-order valence-electron chi connectivity index (χ4n) is 1.84. The Morgan fingerprint density at radius 2 is 2.00 bits per heavy atom. The van der Waals surface area contributed by atoms with Gasteiger partial charge >= 0.3 is 6.09 Å². The third-order valence-corrected chi connectivity index (χ3v) is 2.85. The quantitative estimate of drug-likeness (QED) is 0.854. The number of hydrogen-bond donors (Lipinski definition) is 2. The first kappa shape index (κ1) is 14.8. The number of ether oxygens (including phenoxy) is 1. The van der Waals surface area contributed by atoms with E-state index in [1.54, 1.807) is 19.2 Å². The number of anilines is 2. The molecule has 0 atom stereocenters. The van der Waals surface area contributed by atoms with Gasteiger partial charge in [0.05, 0.1) is 18.5 Å². The Labute approximate surface area is 124 Å². The molecule has 0 spiro atoms. The van der Waals surface area contributed by atoms with Gasteiger partial charge in [0.1, 0.15) is 5.82 Å². The van der Waals surface area contributed by atoms with Crippen molar-refractivity contribution in [1.82, 2.24) is 4.98 Å². The topological polar surface area (TPSA) is 63.2 Å². The summed E-state index contributed by atoms with van der Waals surface area (Å²) in [6.07, 6.45) is 2.14. The van der Waals surface area contributed by atoms with Crippen LogP contribution in [0.1, 0.15) is 12.5 Å². The van der Waals surface area contributed by atoms with Crippen molar-refractivity contribution in [1.29, 1.82) is 0 Å². The molecule has 1 aromatic carbocycles. The van der Waals surface area contributed by atoms with Crippen LogP contribution in [-0.2, 0) is 11.2 Å². The lowest BCUT2D eigenvalue weighted by atomic mass is 10.1. The van der Waals surface area contributed by atoms with E-state index in [-0.39, 0.29) is 0 Å². The van der Waals surface area contributed by atoms with Crippen LogP contribution in [0.5, 0.6) is 0 Å². The molecule has 1 amide bonds. The molecule has 2 N–H and O–H groups in total. The summed E-state index contributed by atoms with van der Waals surface area (Å²) in [7, 11) is 0. The second kappa shape index (κ2) is 7.89.